The standard InChI is InChI=1S/C15H20F4N2/c1-9(2)7-8-21(10-5-3-4-6-10)13-11(16)14(18)20-15(19)12(13)17/h9-10H,3-8H2,1-2H3. The van der Waals surface area contributed by atoms with Gasteiger partial charge in [-0.3, -0.25) is 0 Å². The van der Waals surface area contributed by atoms with E-state index >= 15 is 0 Å². The first kappa shape index (κ1) is 16.0. The second kappa shape index (κ2) is 6.62. The van der Waals surface area contributed by atoms with Crippen molar-refractivity contribution < 1.29 is 17.6 Å². The molecule has 2 rings (SSSR count). The van der Waals surface area contributed by atoms with E-state index in [0.717, 1.165) is 25.7 Å². The van der Waals surface area contributed by atoms with Crippen LogP contribution in [-0.2, 0) is 0 Å². The molecule has 2 nitrogen and oxygen atoms in total. The van der Waals surface area contributed by atoms with Gasteiger partial charge in [0.05, 0.1) is 0 Å². The smallest absolute Gasteiger partial charge is 0.253 e. The average Bonchev–Trinajstić information content (AvgIpc) is 2.94. The van der Waals surface area contributed by atoms with Crippen LogP contribution in [0.5, 0.6) is 0 Å². The van der Waals surface area contributed by atoms with E-state index in [1.807, 2.05) is 13.8 Å². The summed E-state index contributed by atoms with van der Waals surface area (Å²) in [5.41, 5.74) is -0.604. The molecular formula is C15H20F4N2. The molecule has 0 spiro atoms. The highest BCUT2D eigenvalue weighted by atomic mass is 19.2. The molecule has 1 aromatic heterocycles. The van der Waals surface area contributed by atoms with Crippen molar-refractivity contribution in [1.82, 2.24) is 4.98 Å². The lowest BCUT2D eigenvalue weighted by atomic mass is 10.1. The molecule has 0 aromatic carbocycles. The Bertz CT molecular complexity index is 473. The topological polar surface area (TPSA) is 16.1 Å². The molecule has 0 atom stereocenters. The summed E-state index contributed by atoms with van der Waals surface area (Å²) >= 11 is 0. The summed E-state index contributed by atoms with van der Waals surface area (Å²) in [7, 11) is 0. The molecule has 21 heavy (non-hydrogen) atoms. The fourth-order valence-electron chi connectivity index (χ4n) is 2.82. The van der Waals surface area contributed by atoms with Gasteiger partial charge in [0, 0.05) is 12.6 Å². The van der Waals surface area contributed by atoms with E-state index in [9.17, 15) is 17.6 Å². The highest BCUT2D eigenvalue weighted by molar-refractivity contribution is 5.49. The third kappa shape index (κ3) is 3.47. The van der Waals surface area contributed by atoms with Crippen LogP contribution in [0.4, 0.5) is 23.2 Å². The largest absolute Gasteiger partial charge is 0.364 e. The van der Waals surface area contributed by atoms with Crippen molar-refractivity contribution in [3.8, 4) is 0 Å². The van der Waals surface area contributed by atoms with Gasteiger partial charge in [-0.2, -0.15) is 22.5 Å². The summed E-state index contributed by atoms with van der Waals surface area (Å²) < 4.78 is 54.7. The fourth-order valence-corrected chi connectivity index (χ4v) is 2.82. The molecule has 6 heteroatoms. The molecule has 1 saturated carbocycles. The zero-order valence-corrected chi connectivity index (χ0v) is 12.3. The van der Waals surface area contributed by atoms with Crippen LogP contribution in [-0.4, -0.2) is 17.6 Å². The van der Waals surface area contributed by atoms with Gasteiger partial charge in [0.25, 0.3) is 11.9 Å². The quantitative estimate of drug-likeness (QED) is 0.591. The van der Waals surface area contributed by atoms with Crippen molar-refractivity contribution in [2.75, 3.05) is 11.4 Å². The number of hydrogen-bond donors (Lipinski definition) is 0. The van der Waals surface area contributed by atoms with Gasteiger partial charge in [0.1, 0.15) is 5.69 Å². The van der Waals surface area contributed by atoms with Gasteiger partial charge in [0.15, 0.2) is 0 Å². The average molecular weight is 304 g/mol. The monoisotopic (exact) mass is 304 g/mol. The number of pyridine rings is 1. The Kier molecular flexibility index (Phi) is 5.06. The Morgan fingerprint density at radius 3 is 2.05 bits per heavy atom. The number of aromatic nitrogens is 1. The Balaban J connectivity index is 2.40. The number of hydrogen-bond acceptors (Lipinski definition) is 2. The van der Waals surface area contributed by atoms with Crippen LogP contribution >= 0.6 is 0 Å². The molecular weight excluding hydrogens is 284 g/mol. The van der Waals surface area contributed by atoms with Gasteiger partial charge in [-0.1, -0.05) is 26.7 Å². The van der Waals surface area contributed by atoms with E-state index < -0.39 is 29.2 Å². The van der Waals surface area contributed by atoms with Crippen LogP contribution in [0.25, 0.3) is 0 Å². The van der Waals surface area contributed by atoms with Crippen molar-refractivity contribution >= 4 is 5.69 Å². The normalized spacial score (nSPS) is 16.0. The fraction of sp³-hybridized carbons (Fsp3) is 0.667. The van der Waals surface area contributed by atoms with Crippen LogP contribution in [0.1, 0.15) is 46.0 Å². The van der Waals surface area contributed by atoms with Crippen LogP contribution < -0.4 is 4.90 Å². The van der Waals surface area contributed by atoms with Gasteiger partial charge in [-0.05, 0) is 25.2 Å². The van der Waals surface area contributed by atoms with Crippen LogP contribution in [0, 0.1) is 29.4 Å². The molecule has 1 fully saturated rings. The minimum Gasteiger partial charge on any atom is -0.364 e. The Morgan fingerprint density at radius 2 is 1.57 bits per heavy atom. The summed E-state index contributed by atoms with van der Waals surface area (Å²) in [6.07, 6.45) is 4.18. The predicted octanol–water partition coefficient (Wildman–Crippen LogP) is 4.43. The molecule has 1 aromatic rings. The van der Waals surface area contributed by atoms with E-state index in [1.165, 1.54) is 4.90 Å². The molecule has 0 aliphatic heterocycles. The van der Waals surface area contributed by atoms with Crippen molar-refractivity contribution in [3.63, 3.8) is 0 Å². The molecule has 118 valence electrons. The molecule has 1 aliphatic carbocycles. The third-order valence-electron chi connectivity index (χ3n) is 3.97. The molecule has 0 radical (unpaired) electrons. The zero-order valence-electron chi connectivity index (χ0n) is 12.3. The van der Waals surface area contributed by atoms with Crippen molar-refractivity contribution in [2.24, 2.45) is 5.92 Å². The molecule has 0 unspecified atom stereocenters. The number of rotatable bonds is 5. The zero-order chi connectivity index (χ0) is 15.6. The van der Waals surface area contributed by atoms with Gasteiger partial charge in [-0.15, -0.1) is 0 Å². The molecule has 0 bridgehead atoms. The summed E-state index contributed by atoms with van der Waals surface area (Å²) in [5.74, 6) is -5.64. The maximum atomic E-state index is 14.0. The van der Waals surface area contributed by atoms with Crippen LogP contribution in [0.15, 0.2) is 0 Å². The van der Waals surface area contributed by atoms with Gasteiger partial charge >= 0.3 is 0 Å². The Morgan fingerprint density at radius 1 is 1.05 bits per heavy atom. The first-order chi connectivity index (χ1) is 9.91. The van der Waals surface area contributed by atoms with E-state index in [2.05, 4.69) is 4.98 Å². The maximum absolute atomic E-state index is 14.0. The summed E-state index contributed by atoms with van der Waals surface area (Å²) in [6.45, 7) is 4.36. The molecule has 0 amide bonds. The van der Waals surface area contributed by atoms with Gasteiger partial charge < -0.3 is 4.90 Å². The molecule has 1 aliphatic rings. The molecule has 1 heterocycles. The van der Waals surface area contributed by atoms with Crippen LogP contribution in [0.3, 0.4) is 0 Å². The van der Waals surface area contributed by atoms with E-state index in [1.54, 1.807) is 0 Å². The lowest BCUT2D eigenvalue weighted by Gasteiger charge is -2.32. The Hall–Kier alpha value is -1.33. The molecule has 0 saturated heterocycles. The van der Waals surface area contributed by atoms with E-state index in [-0.39, 0.29) is 6.04 Å². The summed E-state index contributed by atoms with van der Waals surface area (Å²) in [5, 5.41) is 0. The Labute approximate surface area is 122 Å². The highest BCUT2D eigenvalue weighted by Gasteiger charge is 2.31. The first-order valence-electron chi connectivity index (χ1n) is 7.38. The first-order valence-corrected chi connectivity index (χ1v) is 7.38. The third-order valence-corrected chi connectivity index (χ3v) is 3.97. The number of anilines is 1. The lowest BCUT2D eigenvalue weighted by Crippen LogP contribution is -2.36. The summed E-state index contributed by atoms with van der Waals surface area (Å²) in [6, 6.07) is -0.0750. The van der Waals surface area contributed by atoms with Gasteiger partial charge in [0.2, 0.25) is 11.6 Å². The number of halogens is 4. The highest BCUT2D eigenvalue weighted by Crippen LogP contribution is 2.33. The van der Waals surface area contributed by atoms with Crippen molar-refractivity contribution in [1.29, 1.82) is 0 Å². The van der Waals surface area contributed by atoms with Crippen molar-refractivity contribution in [3.05, 3.63) is 23.5 Å². The predicted molar refractivity (Wildman–Crippen MR) is 73.1 cm³/mol. The summed E-state index contributed by atoms with van der Waals surface area (Å²) in [4.78, 5) is 4.12. The minimum absolute atomic E-state index is 0.0750. The second-order valence-electron chi connectivity index (χ2n) is 5.98. The lowest BCUT2D eigenvalue weighted by molar-refractivity contribution is 0.399. The minimum atomic E-state index is -1.59. The SMILES string of the molecule is CC(C)CCN(c1c(F)c(F)nc(F)c1F)C1CCCC1. The maximum Gasteiger partial charge on any atom is 0.253 e. The van der Waals surface area contributed by atoms with Crippen molar-refractivity contribution in [2.45, 2.75) is 52.0 Å². The van der Waals surface area contributed by atoms with Gasteiger partial charge in [-0.25, -0.2) is 0 Å². The van der Waals surface area contributed by atoms with E-state index in [0.29, 0.717) is 18.9 Å². The van der Waals surface area contributed by atoms with Crippen LogP contribution in [0.2, 0.25) is 0 Å². The van der Waals surface area contributed by atoms with E-state index in [4.69, 9.17) is 0 Å². The second-order valence-corrected chi connectivity index (χ2v) is 5.98. The number of nitrogens with zero attached hydrogens (tertiary/aromatic N) is 2. The molecule has 0 N–H and O–H groups in total.